The van der Waals surface area contributed by atoms with Crippen LogP contribution in [0.3, 0.4) is 0 Å². The first-order valence-corrected chi connectivity index (χ1v) is 21.0. The topological polar surface area (TPSA) is 84.0 Å². The molecule has 0 unspecified atom stereocenters. The first kappa shape index (κ1) is 41.1. The van der Waals surface area contributed by atoms with Crippen LogP contribution in [0.1, 0.15) is 69.8 Å². The van der Waals surface area contributed by atoms with Crippen molar-refractivity contribution in [1.29, 1.82) is 0 Å². The van der Waals surface area contributed by atoms with Crippen LogP contribution < -0.4 is 15.1 Å². The molecule has 298 valence electrons. The normalized spacial score (nSPS) is 16.6. The number of benzene rings is 4. The fourth-order valence-electron chi connectivity index (χ4n) is 8.09. The minimum atomic E-state index is -3.42. The van der Waals surface area contributed by atoms with Gasteiger partial charge in [-0.2, -0.15) is 0 Å². The molecular formula is C44H50F4N2O5Si. The van der Waals surface area contributed by atoms with Crippen molar-refractivity contribution in [2.75, 3.05) is 33.0 Å². The number of nitrogens with one attached hydrogen (secondary N) is 1. The summed E-state index contributed by atoms with van der Waals surface area (Å²) in [7, 11) is -3.32. The standard InChI is InChI=1S/C44H50F4N2O5Si/c1-30-24-35-34-20-12-13-21-38(34)49-41(35)42(40-36(45)25-31(26-37(40)46)54-23-15-7-14-22-53-27-39(51)52)50(30)28-44(47,48)29-55-56(43(2,3)4,32-16-8-5-9-17-32)33-18-10-6-11-19-33/h5-6,8-13,16-21,25-26,30,42,49H,7,14-15,22-24,27-29H2,1-4H3,(H,51,52)/t30-,42-/m1/s1. The van der Waals surface area contributed by atoms with Crippen LogP contribution in [0.25, 0.3) is 10.9 Å². The van der Waals surface area contributed by atoms with Gasteiger partial charge in [-0.05, 0) is 59.6 Å². The molecule has 2 N–H and O–H groups in total. The highest BCUT2D eigenvalue weighted by Crippen LogP contribution is 2.45. The first-order chi connectivity index (χ1) is 26.7. The van der Waals surface area contributed by atoms with E-state index in [1.54, 1.807) is 0 Å². The van der Waals surface area contributed by atoms with Crippen LogP contribution in [0.15, 0.2) is 97.1 Å². The molecule has 0 bridgehead atoms. The number of para-hydroxylation sites is 1. The first-order valence-electron chi connectivity index (χ1n) is 19.1. The zero-order chi connectivity index (χ0) is 40.1. The molecule has 0 aliphatic carbocycles. The van der Waals surface area contributed by atoms with Crippen molar-refractivity contribution < 1.29 is 41.4 Å². The van der Waals surface area contributed by atoms with Crippen LogP contribution in [-0.4, -0.2) is 74.2 Å². The van der Waals surface area contributed by atoms with Crippen molar-refractivity contribution in [3.63, 3.8) is 0 Å². The zero-order valence-electron chi connectivity index (χ0n) is 32.3. The fourth-order valence-corrected chi connectivity index (χ4v) is 12.7. The second-order valence-corrected chi connectivity index (χ2v) is 20.0. The SMILES string of the molecule is C[C@@H]1Cc2c([nH]c3ccccc23)[C@@H](c2c(F)cc(OCCCCCOCC(=O)O)cc2F)N1CC(F)(F)CO[Si](c1ccccc1)(c1ccccc1)C(C)(C)C. The molecule has 1 aliphatic rings. The summed E-state index contributed by atoms with van der Waals surface area (Å²) in [6.45, 7) is 6.28. The number of nitrogens with zero attached hydrogens (tertiary/aromatic N) is 1. The minimum Gasteiger partial charge on any atom is -0.493 e. The lowest BCUT2D eigenvalue weighted by molar-refractivity contribution is -0.142. The van der Waals surface area contributed by atoms with E-state index < -0.39 is 62.1 Å². The number of unbranched alkanes of at least 4 members (excludes halogenated alkanes) is 2. The molecule has 0 saturated heterocycles. The van der Waals surface area contributed by atoms with Gasteiger partial charge < -0.3 is 24.0 Å². The fraction of sp³-hybridized carbons (Fsp3) is 0.386. The maximum atomic E-state index is 16.8. The highest BCUT2D eigenvalue weighted by atomic mass is 28.4. The predicted molar refractivity (Wildman–Crippen MR) is 213 cm³/mol. The molecule has 0 amide bonds. The molecule has 12 heteroatoms. The summed E-state index contributed by atoms with van der Waals surface area (Å²) in [5, 5.41) is 10.8. The Morgan fingerprint density at radius 2 is 1.46 bits per heavy atom. The minimum absolute atomic E-state index is 0.0119. The number of hydrogen-bond donors (Lipinski definition) is 2. The average molecular weight is 791 g/mol. The van der Waals surface area contributed by atoms with Gasteiger partial charge in [-0.15, -0.1) is 0 Å². The molecule has 2 heterocycles. The van der Waals surface area contributed by atoms with E-state index in [1.165, 1.54) is 4.90 Å². The molecule has 0 spiro atoms. The second kappa shape index (κ2) is 17.3. The van der Waals surface area contributed by atoms with Gasteiger partial charge in [0.1, 0.15) is 24.0 Å². The smallest absolute Gasteiger partial charge is 0.329 e. The van der Waals surface area contributed by atoms with Gasteiger partial charge in [-0.1, -0.05) is 99.6 Å². The molecule has 2 atom stereocenters. The summed E-state index contributed by atoms with van der Waals surface area (Å²) in [5.41, 5.74) is 1.74. The van der Waals surface area contributed by atoms with Crippen molar-refractivity contribution in [2.45, 2.75) is 76.4 Å². The Bertz CT molecular complexity index is 2030. The van der Waals surface area contributed by atoms with Crippen molar-refractivity contribution in [1.82, 2.24) is 9.88 Å². The summed E-state index contributed by atoms with van der Waals surface area (Å²) in [6.07, 6.45) is 2.22. The maximum Gasteiger partial charge on any atom is 0.329 e. The van der Waals surface area contributed by atoms with Crippen LogP contribution >= 0.6 is 0 Å². The molecule has 5 aromatic rings. The maximum absolute atomic E-state index is 16.8. The van der Waals surface area contributed by atoms with Gasteiger partial charge in [-0.3, -0.25) is 4.90 Å². The number of carboxylic acid groups (broad SMARTS) is 1. The molecule has 0 radical (unpaired) electrons. The predicted octanol–water partition coefficient (Wildman–Crippen LogP) is 8.64. The Labute approximate surface area is 326 Å². The van der Waals surface area contributed by atoms with Gasteiger partial charge in [0, 0.05) is 46.9 Å². The number of alkyl halides is 2. The summed E-state index contributed by atoms with van der Waals surface area (Å²) in [6, 6.07) is 27.2. The zero-order valence-corrected chi connectivity index (χ0v) is 33.3. The van der Waals surface area contributed by atoms with E-state index in [2.05, 4.69) is 4.98 Å². The second-order valence-electron chi connectivity index (χ2n) is 15.7. The molecule has 6 rings (SSSR count). The number of rotatable bonds is 17. The Balaban J connectivity index is 1.29. The number of aromatic amines is 1. The third-order valence-electron chi connectivity index (χ3n) is 10.6. The number of H-pyrrole nitrogens is 1. The van der Waals surface area contributed by atoms with Crippen molar-refractivity contribution >= 4 is 35.6 Å². The highest BCUT2D eigenvalue weighted by Gasteiger charge is 2.52. The van der Waals surface area contributed by atoms with E-state index >= 15 is 17.6 Å². The van der Waals surface area contributed by atoms with Crippen LogP contribution in [0.5, 0.6) is 5.75 Å². The largest absolute Gasteiger partial charge is 0.493 e. The van der Waals surface area contributed by atoms with Gasteiger partial charge in [0.2, 0.25) is 0 Å². The number of halogens is 4. The van der Waals surface area contributed by atoms with E-state index in [0.717, 1.165) is 39.0 Å². The number of ether oxygens (including phenoxy) is 2. The van der Waals surface area contributed by atoms with Gasteiger partial charge in [-0.25, -0.2) is 22.4 Å². The number of fused-ring (bicyclic) bond motifs is 3. The van der Waals surface area contributed by atoms with Gasteiger partial charge in [0.25, 0.3) is 14.2 Å². The Hall–Kier alpha value is -4.49. The lowest BCUT2D eigenvalue weighted by Crippen LogP contribution is -2.67. The number of hydrogen-bond acceptors (Lipinski definition) is 5. The van der Waals surface area contributed by atoms with E-state index in [4.69, 9.17) is 19.0 Å². The average Bonchev–Trinajstić information content (AvgIpc) is 3.52. The Morgan fingerprint density at radius 3 is 2.07 bits per heavy atom. The highest BCUT2D eigenvalue weighted by molar-refractivity contribution is 6.99. The van der Waals surface area contributed by atoms with Crippen LogP contribution in [-0.2, 0) is 20.4 Å². The summed E-state index contributed by atoms with van der Waals surface area (Å²) in [4.78, 5) is 15.4. The molecule has 7 nitrogen and oxygen atoms in total. The number of aliphatic carboxylic acids is 1. The number of aromatic nitrogens is 1. The van der Waals surface area contributed by atoms with E-state index in [1.807, 2.05) is 113 Å². The lowest BCUT2D eigenvalue weighted by atomic mass is 9.87. The van der Waals surface area contributed by atoms with Gasteiger partial charge in [0.15, 0.2) is 0 Å². The number of carbonyl (C=O) groups is 1. The van der Waals surface area contributed by atoms with Crippen molar-refractivity contribution in [2.24, 2.45) is 0 Å². The Morgan fingerprint density at radius 1 is 0.875 bits per heavy atom. The van der Waals surface area contributed by atoms with Crippen LogP contribution in [0.4, 0.5) is 17.6 Å². The third kappa shape index (κ3) is 8.88. The number of carboxylic acids is 1. The third-order valence-corrected chi connectivity index (χ3v) is 15.6. The molecule has 4 aromatic carbocycles. The van der Waals surface area contributed by atoms with Crippen molar-refractivity contribution in [3.05, 3.63) is 126 Å². The van der Waals surface area contributed by atoms with Gasteiger partial charge >= 0.3 is 5.97 Å². The summed E-state index contributed by atoms with van der Waals surface area (Å²) in [5.74, 6) is -6.27. The lowest BCUT2D eigenvalue weighted by Gasteiger charge is -2.45. The van der Waals surface area contributed by atoms with Crippen LogP contribution in [0.2, 0.25) is 5.04 Å². The molecule has 0 fully saturated rings. The molecule has 1 aromatic heterocycles. The molecule has 0 saturated carbocycles. The Kier molecular flexibility index (Phi) is 12.7. The molecular weight excluding hydrogens is 741 g/mol. The van der Waals surface area contributed by atoms with E-state index in [-0.39, 0.29) is 31.1 Å². The monoisotopic (exact) mass is 790 g/mol. The van der Waals surface area contributed by atoms with Gasteiger partial charge in [0.05, 0.1) is 25.8 Å². The molecule has 1 aliphatic heterocycles. The summed E-state index contributed by atoms with van der Waals surface area (Å²) >= 11 is 0. The van der Waals surface area contributed by atoms with E-state index in [0.29, 0.717) is 31.4 Å². The molecule has 56 heavy (non-hydrogen) atoms. The van der Waals surface area contributed by atoms with E-state index in [9.17, 15) is 4.79 Å². The van der Waals surface area contributed by atoms with Crippen molar-refractivity contribution in [3.8, 4) is 5.75 Å². The summed E-state index contributed by atoms with van der Waals surface area (Å²) < 4.78 is 83.6. The van der Waals surface area contributed by atoms with Crippen LogP contribution in [0, 0.1) is 11.6 Å². The quantitative estimate of drug-likeness (QED) is 0.0558.